The summed E-state index contributed by atoms with van der Waals surface area (Å²) in [4.78, 5) is 0. The number of hydrogen-bond acceptors (Lipinski definition) is 2. The molecule has 1 aromatic carbocycles. The SMILES string of the molecule is CC(C)(C)C1=CC2Nc3ccc(C(C)(C)C)cc3NC2C=C1. The first-order chi connectivity index (χ1) is 10.1. The Kier molecular flexibility index (Phi) is 3.39. The summed E-state index contributed by atoms with van der Waals surface area (Å²) in [5.74, 6) is 0. The van der Waals surface area contributed by atoms with Crippen LogP contribution < -0.4 is 10.6 Å². The van der Waals surface area contributed by atoms with Gasteiger partial charge in [0.1, 0.15) is 0 Å². The largest absolute Gasteiger partial charge is 0.375 e. The van der Waals surface area contributed by atoms with Crippen LogP contribution in [0.4, 0.5) is 11.4 Å². The lowest BCUT2D eigenvalue weighted by Crippen LogP contribution is -2.42. The molecule has 0 bridgehead atoms. The molecule has 0 saturated carbocycles. The first-order valence-electron chi connectivity index (χ1n) is 8.23. The molecule has 0 saturated heterocycles. The second-order valence-corrected chi connectivity index (χ2v) is 8.58. The summed E-state index contributed by atoms with van der Waals surface area (Å²) in [6, 6.07) is 7.39. The topological polar surface area (TPSA) is 24.1 Å². The van der Waals surface area contributed by atoms with Crippen molar-refractivity contribution in [3.63, 3.8) is 0 Å². The van der Waals surface area contributed by atoms with E-state index in [-0.39, 0.29) is 10.8 Å². The quantitative estimate of drug-likeness (QED) is 0.696. The van der Waals surface area contributed by atoms with Crippen molar-refractivity contribution in [3.05, 3.63) is 47.6 Å². The summed E-state index contributed by atoms with van der Waals surface area (Å²) in [5.41, 5.74) is 5.55. The van der Waals surface area contributed by atoms with Gasteiger partial charge in [0.05, 0.1) is 23.5 Å². The summed E-state index contributed by atoms with van der Waals surface area (Å²) >= 11 is 0. The van der Waals surface area contributed by atoms with Crippen LogP contribution in [-0.2, 0) is 5.41 Å². The van der Waals surface area contributed by atoms with E-state index < -0.39 is 0 Å². The summed E-state index contributed by atoms with van der Waals surface area (Å²) in [6.45, 7) is 13.6. The van der Waals surface area contributed by atoms with Crippen molar-refractivity contribution in [1.29, 1.82) is 0 Å². The molecule has 0 radical (unpaired) electrons. The maximum absolute atomic E-state index is 3.69. The molecule has 2 N–H and O–H groups in total. The number of fused-ring (bicyclic) bond motifs is 2. The molecule has 0 amide bonds. The molecule has 2 unspecified atom stereocenters. The van der Waals surface area contributed by atoms with Crippen molar-refractivity contribution in [1.82, 2.24) is 0 Å². The van der Waals surface area contributed by atoms with Gasteiger partial charge in [-0.25, -0.2) is 0 Å². The van der Waals surface area contributed by atoms with Gasteiger partial charge in [0.2, 0.25) is 0 Å². The highest BCUT2D eigenvalue weighted by atomic mass is 15.1. The molecule has 2 heteroatoms. The van der Waals surface area contributed by atoms with Crippen LogP contribution in [0.5, 0.6) is 0 Å². The fourth-order valence-corrected chi connectivity index (χ4v) is 3.06. The van der Waals surface area contributed by atoms with Crippen LogP contribution >= 0.6 is 0 Å². The first kappa shape index (κ1) is 15.2. The fraction of sp³-hybridized carbons (Fsp3) is 0.500. The highest BCUT2D eigenvalue weighted by Gasteiger charge is 2.29. The number of allylic oxidation sites excluding steroid dienone is 2. The van der Waals surface area contributed by atoms with E-state index in [1.54, 1.807) is 0 Å². The Labute approximate surface area is 134 Å². The molecule has 1 aromatic rings. The molecular formula is C20H28N2. The van der Waals surface area contributed by atoms with Gasteiger partial charge in [-0.2, -0.15) is 0 Å². The highest BCUT2D eigenvalue weighted by molar-refractivity contribution is 5.74. The Bertz CT molecular complexity index is 639. The Morgan fingerprint density at radius 3 is 2.14 bits per heavy atom. The normalized spacial score (nSPS) is 23.8. The van der Waals surface area contributed by atoms with Gasteiger partial charge in [0.25, 0.3) is 0 Å². The summed E-state index contributed by atoms with van der Waals surface area (Å²) in [7, 11) is 0. The molecule has 0 aromatic heterocycles. The molecule has 2 aliphatic rings. The van der Waals surface area contributed by atoms with E-state index in [4.69, 9.17) is 0 Å². The molecule has 1 heterocycles. The van der Waals surface area contributed by atoms with Crippen molar-refractivity contribution < 1.29 is 0 Å². The zero-order valence-electron chi connectivity index (χ0n) is 14.6. The van der Waals surface area contributed by atoms with Gasteiger partial charge >= 0.3 is 0 Å². The van der Waals surface area contributed by atoms with Crippen molar-refractivity contribution in [2.75, 3.05) is 10.6 Å². The van der Waals surface area contributed by atoms with Crippen LogP contribution in [0.15, 0.2) is 42.0 Å². The first-order valence-corrected chi connectivity index (χ1v) is 8.23. The standard InChI is InChI=1S/C20H28N2/c1-19(2,3)13-7-9-15-17(11-13)21-16-10-8-14(20(4,5)6)12-18(16)22-15/h7-12,15,17,21-22H,1-6H3. The minimum absolute atomic E-state index is 0.176. The van der Waals surface area contributed by atoms with Gasteiger partial charge < -0.3 is 10.6 Å². The molecule has 0 fully saturated rings. The fourth-order valence-electron chi connectivity index (χ4n) is 3.06. The minimum atomic E-state index is 0.176. The smallest absolute Gasteiger partial charge is 0.0688 e. The summed E-state index contributed by atoms with van der Waals surface area (Å²) < 4.78 is 0. The average Bonchev–Trinajstić information content (AvgIpc) is 2.41. The van der Waals surface area contributed by atoms with E-state index in [0.717, 1.165) is 0 Å². The maximum Gasteiger partial charge on any atom is 0.0688 e. The van der Waals surface area contributed by atoms with Crippen molar-refractivity contribution in [2.24, 2.45) is 5.41 Å². The predicted molar refractivity (Wildman–Crippen MR) is 96.6 cm³/mol. The Morgan fingerprint density at radius 2 is 1.50 bits per heavy atom. The van der Waals surface area contributed by atoms with Crippen LogP contribution in [0, 0.1) is 5.41 Å². The third-order valence-electron chi connectivity index (χ3n) is 4.63. The number of rotatable bonds is 0. The monoisotopic (exact) mass is 296 g/mol. The van der Waals surface area contributed by atoms with Crippen LogP contribution in [0.25, 0.3) is 0 Å². The highest BCUT2D eigenvalue weighted by Crippen LogP contribution is 2.37. The molecular weight excluding hydrogens is 268 g/mol. The lowest BCUT2D eigenvalue weighted by Gasteiger charge is -2.38. The summed E-state index contributed by atoms with van der Waals surface area (Å²) in [6.07, 6.45) is 6.94. The molecule has 1 aliphatic heterocycles. The van der Waals surface area contributed by atoms with Gasteiger partial charge in [0, 0.05) is 0 Å². The predicted octanol–water partition coefficient (Wildman–Crippen LogP) is 5.10. The van der Waals surface area contributed by atoms with E-state index in [9.17, 15) is 0 Å². The second kappa shape index (κ2) is 4.91. The third kappa shape index (κ3) is 2.79. The molecule has 0 spiro atoms. The van der Waals surface area contributed by atoms with E-state index in [1.165, 1.54) is 22.5 Å². The summed E-state index contributed by atoms with van der Waals surface area (Å²) in [5, 5.41) is 7.38. The van der Waals surface area contributed by atoms with Gasteiger partial charge in [0.15, 0.2) is 0 Å². The third-order valence-corrected chi connectivity index (χ3v) is 4.63. The van der Waals surface area contributed by atoms with Crippen molar-refractivity contribution in [2.45, 2.75) is 59.0 Å². The molecule has 1 aliphatic carbocycles. The van der Waals surface area contributed by atoms with Crippen molar-refractivity contribution >= 4 is 11.4 Å². The number of benzene rings is 1. The second-order valence-electron chi connectivity index (χ2n) is 8.58. The average molecular weight is 296 g/mol. The lowest BCUT2D eigenvalue weighted by molar-refractivity contribution is 0.508. The van der Waals surface area contributed by atoms with Crippen LogP contribution in [-0.4, -0.2) is 12.1 Å². The Morgan fingerprint density at radius 1 is 0.818 bits per heavy atom. The number of hydrogen-bond donors (Lipinski definition) is 2. The van der Waals surface area contributed by atoms with Crippen LogP contribution in [0.3, 0.4) is 0 Å². The van der Waals surface area contributed by atoms with Crippen LogP contribution in [0.2, 0.25) is 0 Å². The minimum Gasteiger partial charge on any atom is -0.375 e. The van der Waals surface area contributed by atoms with Gasteiger partial charge in [-0.1, -0.05) is 65.8 Å². The Hall–Kier alpha value is -1.70. The molecule has 3 rings (SSSR count). The molecule has 22 heavy (non-hydrogen) atoms. The molecule has 2 atom stereocenters. The van der Waals surface area contributed by atoms with E-state index >= 15 is 0 Å². The number of anilines is 2. The van der Waals surface area contributed by atoms with Gasteiger partial charge in [-0.15, -0.1) is 0 Å². The number of nitrogens with one attached hydrogen (secondary N) is 2. The Balaban J connectivity index is 1.91. The molecule has 118 valence electrons. The lowest BCUT2D eigenvalue weighted by atomic mass is 9.80. The van der Waals surface area contributed by atoms with Gasteiger partial charge in [-0.3, -0.25) is 0 Å². The van der Waals surface area contributed by atoms with Crippen molar-refractivity contribution in [3.8, 4) is 0 Å². The van der Waals surface area contributed by atoms with Gasteiger partial charge in [-0.05, 0) is 34.1 Å². The van der Waals surface area contributed by atoms with E-state index in [1.807, 2.05) is 0 Å². The zero-order chi connectivity index (χ0) is 16.1. The maximum atomic E-state index is 3.69. The van der Waals surface area contributed by atoms with E-state index in [2.05, 4.69) is 88.6 Å². The molecule has 2 nitrogen and oxygen atoms in total. The van der Waals surface area contributed by atoms with E-state index in [0.29, 0.717) is 12.1 Å². The zero-order valence-corrected chi connectivity index (χ0v) is 14.6. The van der Waals surface area contributed by atoms with Crippen LogP contribution in [0.1, 0.15) is 47.1 Å².